The molecule has 0 N–H and O–H groups in total. The van der Waals surface area contributed by atoms with E-state index in [-0.39, 0.29) is 30.3 Å². The van der Waals surface area contributed by atoms with E-state index in [1.807, 2.05) is 6.92 Å². The fraction of sp³-hybridized carbons (Fsp3) is 0.238. The zero-order valence-electron chi connectivity index (χ0n) is 17.1. The number of rotatable bonds is 8. The molecule has 0 aliphatic heterocycles. The maximum atomic E-state index is 13.2. The molecule has 2 heterocycles. The summed E-state index contributed by atoms with van der Waals surface area (Å²) in [4.78, 5) is 35.9. The first-order chi connectivity index (χ1) is 15.3. The molecule has 0 spiro atoms. The molecular weight excluding hydrogens is 493 g/mol. The summed E-state index contributed by atoms with van der Waals surface area (Å²) in [5.41, 5.74) is 1.85. The summed E-state index contributed by atoms with van der Waals surface area (Å²) in [6.07, 6.45) is 7.01. The van der Waals surface area contributed by atoms with Crippen molar-refractivity contribution in [3.63, 3.8) is 0 Å². The number of hydrogen-bond donors (Lipinski definition) is 0. The maximum absolute atomic E-state index is 13.2. The number of nitrogens with zero attached hydrogens (tertiary/aromatic N) is 3. The van der Waals surface area contributed by atoms with Crippen LogP contribution in [-0.4, -0.2) is 35.5 Å². The highest BCUT2D eigenvalue weighted by molar-refractivity contribution is 7.12. The number of esters is 1. The predicted molar refractivity (Wildman–Crippen MR) is 126 cm³/mol. The number of carbonyl (C=O) groups is 2. The molecule has 0 bridgehead atoms. The molecule has 2 aromatic heterocycles. The highest BCUT2D eigenvalue weighted by Gasteiger charge is 2.27. The van der Waals surface area contributed by atoms with Gasteiger partial charge in [-0.05, 0) is 19.1 Å². The minimum absolute atomic E-state index is 0.0962. The van der Waals surface area contributed by atoms with Crippen molar-refractivity contribution in [2.24, 2.45) is 0 Å². The highest BCUT2D eigenvalue weighted by Crippen LogP contribution is 2.36. The molecule has 1 amide bonds. The lowest BCUT2D eigenvalue weighted by Gasteiger charge is -2.21. The zero-order valence-corrected chi connectivity index (χ0v) is 20.2. The van der Waals surface area contributed by atoms with E-state index in [0.717, 1.165) is 21.2 Å². The summed E-state index contributed by atoms with van der Waals surface area (Å²) in [6, 6.07) is 3.19. The van der Waals surface area contributed by atoms with Crippen LogP contribution in [-0.2, 0) is 22.6 Å². The summed E-state index contributed by atoms with van der Waals surface area (Å²) in [5.74, 6) is 1.81. The van der Waals surface area contributed by atoms with E-state index in [1.165, 1.54) is 28.9 Å². The third-order valence-corrected chi connectivity index (χ3v) is 6.57. The van der Waals surface area contributed by atoms with Crippen LogP contribution in [0.15, 0.2) is 23.8 Å². The molecule has 0 saturated heterocycles. The Bertz CT molecular complexity index is 1190. The number of aromatic nitrogens is 2. The van der Waals surface area contributed by atoms with Crippen LogP contribution in [0.5, 0.6) is 5.75 Å². The quantitative estimate of drug-likeness (QED) is 0.320. The van der Waals surface area contributed by atoms with Crippen molar-refractivity contribution in [2.75, 3.05) is 18.6 Å². The van der Waals surface area contributed by atoms with Crippen molar-refractivity contribution in [2.45, 2.75) is 20.0 Å². The Morgan fingerprint density at radius 2 is 2.00 bits per heavy atom. The van der Waals surface area contributed by atoms with Crippen LogP contribution in [0.4, 0.5) is 5.82 Å². The second-order valence-corrected chi connectivity index (χ2v) is 9.32. The summed E-state index contributed by atoms with van der Waals surface area (Å²) in [5, 5.41) is 1.53. The average molecular weight is 510 g/mol. The number of methoxy groups -OCH3 is 1. The number of anilines is 1. The van der Waals surface area contributed by atoms with Crippen molar-refractivity contribution < 1.29 is 19.1 Å². The van der Waals surface area contributed by atoms with E-state index in [9.17, 15) is 9.59 Å². The van der Waals surface area contributed by atoms with E-state index in [1.54, 1.807) is 18.3 Å². The lowest BCUT2D eigenvalue weighted by atomic mass is 10.1. The van der Waals surface area contributed by atoms with Gasteiger partial charge in [-0.25, -0.2) is 14.8 Å². The van der Waals surface area contributed by atoms with Gasteiger partial charge in [0.2, 0.25) is 5.91 Å². The molecule has 0 atom stereocenters. The van der Waals surface area contributed by atoms with Crippen molar-refractivity contribution in [3.8, 4) is 18.1 Å². The number of hydrogen-bond acceptors (Lipinski definition) is 8. The molecule has 7 nitrogen and oxygen atoms in total. The molecule has 0 aliphatic rings. The number of aryl methyl sites for hydroxylation is 1. The van der Waals surface area contributed by atoms with Crippen LogP contribution < -0.4 is 9.64 Å². The topological polar surface area (TPSA) is 81.6 Å². The van der Waals surface area contributed by atoms with Crippen LogP contribution in [0.3, 0.4) is 0 Å². The van der Waals surface area contributed by atoms with Gasteiger partial charge in [0, 0.05) is 16.8 Å². The van der Waals surface area contributed by atoms with Gasteiger partial charge in [-0.2, -0.15) is 0 Å². The largest absolute Gasteiger partial charge is 0.486 e. The Hall–Kier alpha value is -2.64. The van der Waals surface area contributed by atoms with Crippen molar-refractivity contribution in [1.82, 2.24) is 9.97 Å². The normalized spacial score (nSPS) is 10.5. The number of thiazole rings is 2. The van der Waals surface area contributed by atoms with Crippen LogP contribution in [0.25, 0.3) is 0 Å². The summed E-state index contributed by atoms with van der Waals surface area (Å²) in [6.45, 7) is 2.02. The van der Waals surface area contributed by atoms with Crippen molar-refractivity contribution >= 4 is 63.6 Å². The van der Waals surface area contributed by atoms with Crippen LogP contribution >= 0.6 is 45.9 Å². The van der Waals surface area contributed by atoms with Gasteiger partial charge in [-0.1, -0.05) is 29.1 Å². The van der Waals surface area contributed by atoms with Crippen LogP contribution in [0.1, 0.15) is 25.1 Å². The number of ether oxygens (including phenoxy) is 2. The minimum Gasteiger partial charge on any atom is -0.486 e. The van der Waals surface area contributed by atoms with Gasteiger partial charge in [0.15, 0.2) is 10.7 Å². The van der Waals surface area contributed by atoms with E-state index in [4.69, 9.17) is 39.1 Å². The first kappa shape index (κ1) is 24.0. The molecule has 0 unspecified atom stereocenters. The van der Waals surface area contributed by atoms with Gasteiger partial charge in [-0.3, -0.25) is 9.69 Å². The van der Waals surface area contributed by atoms with Crippen LogP contribution in [0.2, 0.25) is 10.0 Å². The average Bonchev–Trinajstić information content (AvgIpc) is 3.42. The highest BCUT2D eigenvalue weighted by atomic mass is 35.5. The number of benzene rings is 1. The van der Waals surface area contributed by atoms with Gasteiger partial charge in [0.25, 0.3) is 0 Å². The molecule has 0 saturated carbocycles. The summed E-state index contributed by atoms with van der Waals surface area (Å²) >= 11 is 15.3. The van der Waals surface area contributed by atoms with Gasteiger partial charge in [-0.15, -0.1) is 29.1 Å². The first-order valence-corrected chi connectivity index (χ1v) is 11.6. The van der Waals surface area contributed by atoms with E-state index in [0.29, 0.717) is 21.4 Å². The van der Waals surface area contributed by atoms with Crippen molar-refractivity contribution in [3.05, 3.63) is 54.2 Å². The Kier molecular flexibility index (Phi) is 8.10. The van der Waals surface area contributed by atoms with Gasteiger partial charge < -0.3 is 9.47 Å². The van der Waals surface area contributed by atoms with Gasteiger partial charge in [0.1, 0.15) is 12.4 Å². The Morgan fingerprint density at radius 1 is 1.25 bits per heavy atom. The summed E-state index contributed by atoms with van der Waals surface area (Å²) < 4.78 is 10.7. The number of terminal acetylenes is 1. The number of carbonyl (C=O) groups excluding carboxylic acids is 2. The molecule has 3 rings (SSSR count). The maximum Gasteiger partial charge on any atom is 0.351 e. The Balaban J connectivity index is 1.90. The third kappa shape index (κ3) is 5.40. The SMILES string of the molecule is C#CCN(C(=O)Cc1c(Cl)ccc(Cl)c1OCc1cnc(C)s1)c1ncsc1C(=O)OC. The standard InChI is InChI=1S/C21H17Cl2N3O4S2/c1-4-7-26(20-19(21(28)29-3)31-11-25-20)17(27)8-14-15(22)5-6-16(23)18(14)30-10-13-9-24-12(2)32-13/h1,5-6,9,11H,7-8,10H2,2-3H3. The van der Waals surface area contributed by atoms with Crippen molar-refractivity contribution in [1.29, 1.82) is 0 Å². The molecule has 0 fully saturated rings. The molecular formula is C21H17Cl2N3O4S2. The Labute approximate surface area is 202 Å². The third-order valence-electron chi connectivity index (χ3n) is 4.24. The molecule has 0 aliphatic carbocycles. The van der Waals surface area contributed by atoms with Gasteiger partial charge >= 0.3 is 5.97 Å². The Morgan fingerprint density at radius 3 is 2.66 bits per heavy atom. The lowest BCUT2D eigenvalue weighted by molar-refractivity contribution is -0.117. The molecule has 32 heavy (non-hydrogen) atoms. The monoisotopic (exact) mass is 509 g/mol. The first-order valence-electron chi connectivity index (χ1n) is 9.12. The molecule has 11 heteroatoms. The molecule has 0 radical (unpaired) electrons. The lowest BCUT2D eigenvalue weighted by Crippen LogP contribution is -2.34. The van der Waals surface area contributed by atoms with Gasteiger partial charge in [0.05, 0.1) is 40.5 Å². The number of halogens is 2. The summed E-state index contributed by atoms with van der Waals surface area (Å²) in [7, 11) is 1.25. The van der Waals surface area contributed by atoms with E-state index >= 15 is 0 Å². The molecule has 3 aromatic rings. The fourth-order valence-electron chi connectivity index (χ4n) is 2.80. The zero-order chi connectivity index (χ0) is 23.3. The van der Waals surface area contributed by atoms with E-state index < -0.39 is 11.9 Å². The van der Waals surface area contributed by atoms with Crippen LogP contribution in [0, 0.1) is 19.3 Å². The second-order valence-electron chi connectivity index (χ2n) is 6.33. The molecule has 1 aromatic carbocycles. The smallest absolute Gasteiger partial charge is 0.351 e. The fourth-order valence-corrected chi connectivity index (χ4v) is 4.66. The second kappa shape index (κ2) is 10.8. The predicted octanol–water partition coefficient (Wildman–Crippen LogP) is 4.79. The minimum atomic E-state index is -0.609. The van der Waals surface area contributed by atoms with E-state index in [2.05, 4.69) is 15.9 Å². The molecule has 166 valence electrons. The number of amides is 1.